The predicted molar refractivity (Wildman–Crippen MR) is 90.8 cm³/mol. The molecular weight excluding hydrogens is 330 g/mol. The molecule has 1 amide bonds. The molecule has 0 aliphatic carbocycles. The summed E-state index contributed by atoms with van der Waals surface area (Å²) in [5, 5.41) is 4.85. The number of hydrogen-bond acceptors (Lipinski definition) is 6. The predicted octanol–water partition coefficient (Wildman–Crippen LogP) is 1.28. The van der Waals surface area contributed by atoms with Crippen LogP contribution < -0.4 is 16.4 Å². The Hall–Kier alpha value is -2.32. The van der Waals surface area contributed by atoms with Crippen molar-refractivity contribution in [2.24, 2.45) is 0 Å². The summed E-state index contributed by atoms with van der Waals surface area (Å²) in [5.74, 6) is 0.0455. The lowest BCUT2D eigenvalue weighted by Crippen LogP contribution is -2.83. The molecule has 0 fully saturated rings. The lowest BCUT2D eigenvalue weighted by atomic mass is 10.1. The number of rotatable bonds is 7. The molecule has 7 nitrogen and oxygen atoms in total. The molecule has 0 saturated carbocycles. The molecule has 0 spiro atoms. The summed E-state index contributed by atoms with van der Waals surface area (Å²) in [4.78, 5) is 24.8. The van der Waals surface area contributed by atoms with Gasteiger partial charge in [-0.05, 0) is 26.0 Å². The van der Waals surface area contributed by atoms with Crippen molar-refractivity contribution < 1.29 is 24.1 Å². The van der Waals surface area contributed by atoms with E-state index in [1.165, 1.54) is 0 Å². The van der Waals surface area contributed by atoms with E-state index in [-0.39, 0.29) is 24.1 Å². The Balaban J connectivity index is 2.30. The lowest BCUT2D eigenvalue weighted by Gasteiger charge is -2.10. The van der Waals surface area contributed by atoms with Crippen LogP contribution in [0, 0.1) is 0 Å². The molecule has 0 aliphatic rings. The van der Waals surface area contributed by atoms with E-state index in [2.05, 4.69) is 5.32 Å². The third kappa shape index (κ3) is 3.77. The molecule has 0 saturated heterocycles. The van der Waals surface area contributed by atoms with Gasteiger partial charge in [-0.15, -0.1) is 11.3 Å². The van der Waals surface area contributed by atoms with E-state index in [0.717, 1.165) is 17.1 Å². The minimum Gasteiger partial charge on any atom is -0.463 e. The maximum Gasteiger partial charge on any atom is 0.341 e. The fraction of sp³-hybridized carbons (Fsp3) is 0.375. The molecule has 130 valence electrons. The standard InChI is InChI=1S/C16H21N3O4S/c1-4-22-16(21)12-10(13(15(20)18-3)24-14(12)17)8-19-9(2)11-6-5-7-23-11/h5-7,9,19H,4,8,17H2,1-3H3,(H,18,20)/p+1/t9-/m1/s1. The van der Waals surface area contributed by atoms with E-state index in [1.807, 2.05) is 24.4 Å². The number of nitrogen functional groups attached to an aromatic ring is 1. The second-order valence-corrected chi connectivity index (χ2v) is 6.24. The van der Waals surface area contributed by atoms with Crippen molar-refractivity contribution in [3.8, 4) is 0 Å². The van der Waals surface area contributed by atoms with E-state index in [1.54, 1.807) is 20.2 Å². The number of nitrogens with two attached hydrogens (primary N) is 2. The zero-order chi connectivity index (χ0) is 17.7. The van der Waals surface area contributed by atoms with Gasteiger partial charge in [0.25, 0.3) is 5.91 Å². The number of furan rings is 1. The van der Waals surface area contributed by atoms with Crippen molar-refractivity contribution in [2.75, 3.05) is 19.4 Å². The maximum absolute atomic E-state index is 12.2. The zero-order valence-corrected chi connectivity index (χ0v) is 14.7. The van der Waals surface area contributed by atoms with Crippen molar-refractivity contribution in [1.82, 2.24) is 5.32 Å². The molecule has 24 heavy (non-hydrogen) atoms. The molecule has 0 bridgehead atoms. The highest BCUT2D eigenvalue weighted by Crippen LogP contribution is 2.31. The van der Waals surface area contributed by atoms with Gasteiger partial charge in [0.05, 0.1) is 12.9 Å². The van der Waals surface area contributed by atoms with E-state index in [9.17, 15) is 9.59 Å². The minimum atomic E-state index is -0.504. The molecular formula is C16H22N3O4S+. The number of quaternary nitrogens is 1. The number of carbonyl (C=O) groups is 2. The average molecular weight is 352 g/mol. The number of nitrogens with one attached hydrogen (secondary N) is 1. The molecule has 2 rings (SSSR count). The molecule has 5 N–H and O–H groups in total. The van der Waals surface area contributed by atoms with Crippen LogP contribution in [0.3, 0.4) is 0 Å². The quantitative estimate of drug-likeness (QED) is 0.650. The van der Waals surface area contributed by atoms with E-state index < -0.39 is 5.97 Å². The molecule has 0 unspecified atom stereocenters. The summed E-state index contributed by atoms with van der Waals surface area (Å²) in [6.45, 7) is 4.37. The van der Waals surface area contributed by atoms with Crippen LogP contribution >= 0.6 is 11.3 Å². The van der Waals surface area contributed by atoms with Gasteiger partial charge >= 0.3 is 5.97 Å². The van der Waals surface area contributed by atoms with Crippen LogP contribution in [-0.4, -0.2) is 25.5 Å². The summed E-state index contributed by atoms with van der Waals surface area (Å²) in [6, 6.07) is 3.74. The lowest BCUT2D eigenvalue weighted by molar-refractivity contribution is -0.709. The topological polar surface area (TPSA) is 111 Å². The molecule has 2 aromatic heterocycles. The highest BCUT2D eigenvalue weighted by atomic mass is 32.1. The first-order chi connectivity index (χ1) is 11.5. The summed E-state index contributed by atoms with van der Waals surface area (Å²) in [5.41, 5.74) is 6.84. The average Bonchev–Trinajstić information content (AvgIpc) is 3.20. The molecule has 0 radical (unpaired) electrons. The fourth-order valence-corrected chi connectivity index (χ4v) is 3.40. The van der Waals surface area contributed by atoms with Gasteiger partial charge in [0.15, 0.2) is 5.76 Å². The second kappa shape index (κ2) is 7.98. The Morgan fingerprint density at radius 3 is 2.83 bits per heavy atom. The maximum atomic E-state index is 12.2. The Morgan fingerprint density at radius 1 is 1.50 bits per heavy atom. The minimum absolute atomic E-state index is 0.0358. The van der Waals surface area contributed by atoms with Crippen LogP contribution in [0.5, 0.6) is 0 Å². The molecule has 2 heterocycles. The molecule has 8 heteroatoms. The van der Waals surface area contributed by atoms with Crippen molar-refractivity contribution in [2.45, 2.75) is 26.4 Å². The fourth-order valence-electron chi connectivity index (χ4n) is 2.36. The van der Waals surface area contributed by atoms with Gasteiger partial charge in [0.1, 0.15) is 28.0 Å². The smallest absolute Gasteiger partial charge is 0.341 e. The first-order valence-electron chi connectivity index (χ1n) is 7.66. The number of carbonyl (C=O) groups excluding carboxylic acids is 2. The summed E-state index contributed by atoms with van der Waals surface area (Å²) in [6.07, 6.45) is 1.61. The molecule has 0 aliphatic heterocycles. The Bertz CT molecular complexity index is 709. The Kier molecular flexibility index (Phi) is 5.99. The van der Waals surface area contributed by atoms with Crippen molar-refractivity contribution in [1.29, 1.82) is 0 Å². The highest BCUT2D eigenvalue weighted by Gasteiger charge is 2.28. The van der Waals surface area contributed by atoms with Crippen molar-refractivity contribution >= 4 is 28.2 Å². The normalized spacial score (nSPS) is 12.0. The third-order valence-electron chi connectivity index (χ3n) is 3.61. The monoisotopic (exact) mass is 352 g/mol. The number of thiophene rings is 1. The SMILES string of the molecule is CCOC(=O)c1c(N)sc(C(=O)NC)c1C[NH2+][C@H](C)c1ccco1. The Labute approximate surface area is 144 Å². The van der Waals surface area contributed by atoms with Gasteiger partial charge in [0, 0.05) is 12.6 Å². The van der Waals surface area contributed by atoms with Gasteiger partial charge in [-0.3, -0.25) is 4.79 Å². The van der Waals surface area contributed by atoms with Crippen LogP contribution in [0.1, 0.15) is 51.2 Å². The van der Waals surface area contributed by atoms with Crippen LogP contribution in [0.25, 0.3) is 0 Å². The van der Waals surface area contributed by atoms with Gasteiger partial charge < -0.3 is 25.5 Å². The van der Waals surface area contributed by atoms with Gasteiger partial charge in [-0.1, -0.05) is 0 Å². The molecule has 0 aromatic carbocycles. The first kappa shape index (κ1) is 18.0. The number of anilines is 1. The largest absolute Gasteiger partial charge is 0.463 e. The van der Waals surface area contributed by atoms with Gasteiger partial charge in [0.2, 0.25) is 0 Å². The van der Waals surface area contributed by atoms with Crippen molar-refractivity contribution in [3.63, 3.8) is 0 Å². The number of ether oxygens (including phenoxy) is 1. The Morgan fingerprint density at radius 2 is 2.25 bits per heavy atom. The zero-order valence-electron chi connectivity index (χ0n) is 13.9. The number of hydrogen-bond donors (Lipinski definition) is 3. The van der Waals surface area contributed by atoms with Crippen LogP contribution in [0.2, 0.25) is 0 Å². The van der Waals surface area contributed by atoms with Gasteiger partial charge in [-0.2, -0.15) is 0 Å². The van der Waals surface area contributed by atoms with Gasteiger partial charge in [-0.25, -0.2) is 4.79 Å². The number of amides is 1. The van der Waals surface area contributed by atoms with Crippen molar-refractivity contribution in [3.05, 3.63) is 40.2 Å². The third-order valence-corrected chi connectivity index (χ3v) is 4.67. The first-order valence-corrected chi connectivity index (χ1v) is 8.48. The second-order valence-electron chi connectivity index (χ2n) is 5.19. The highest BCUT2D eigenvalue weighted by molar-refractivity contribution is 7.18. The molecule has 1 atom stereocenters. The van der Waals surface area contributed by atoms with E-state index in [0.29, 0.717) is 22.0 Å². The van der Waals surface area contributed by atoms with E-state index in [4.69, 9.17) is 14.9 Å². The molecule has 2 aromatic rings. The van der Waals surface area contributed by atoms with Crippen LogP contribution in [0.15, 0.2) is 22.8 Å². The van der Waals surface area contributed by atoms with Crippen LogP contribution in [-0.2, 0) is 11.3 Å². The summed E-state index contributed by atoms with van der Waals surface area (Å²) in [7, 11) is 1.54. The van der Waals surface area contributed by atoms with E-state index >= 15 is 0 Å². The van der Waals surface area contributed by atoms with Crippen LogP contribution in [0.4, 0.5) is 5.00 Å². The number of esters is 1. The summed E-state index contributed by atoms with van der Waals surface area (Å²) >= 11 is 1.10. The summed E-state index contributed by atoms with van der Waals surface area (Å²) < 4.78 is 10.5.